The second-order valence-corrected chi connectivity index (χ2v) is 9.08. The van der Waals surface area contributed by atoms with E-state index in [0.717, 1.165) is 42.9 Å². The molecular weight excluding hydrogens is 454 g/mol. The van der Waals surface area contributed by atoms with E-state index >= 15 is 0 Å². The average molecular weight is 479 g/mol. The standard InChI is InChI=1S/C23H24ClNOS.BrH/c1-3-16(2)15-25-12-10-23(11-13-25)19-6-4-5-7-21(19)27-20-9-8-17(24)14-18(20)22(23)26;/h3-9,14H,10-13,15H2,1-2H3;1H/b16-3+;. The molecule has 2 heterocycles. The van der Waals surface area contributed by atoms with Gasteiger partial charge in [-0.15, -0.1) is 17.0 Å². The van der Waals surface area contributed by atoms with Crippen molar-refractivity contribution in [2.24, 2.45) is 0 Å². The van der Waals surface area contributed by atoms with E-state index in [9.17, 15) is 4.79 Å². The highest BCUT2D eigenvalue weighted by Crippen LogP contribution is 2.49. The highest BCUT2D eigenvalue weighted by Gasteiger charge is 2.46. The average Bonchev–Trinajstić information content (AvgIpc) is 2.78. The predicted molar refractivity (Wildman–Crippen MR) is 123 cm³/mol. The fraction of sp³-hybridized carbons (Fsp3) is 0.348. The lowest BCUT2D eigenvalue weighted by atomic mass is 9.68. The van der Waals surface area contributed by atoms with E-state index in [1.165, 1.54) is 16.0 Å². The van der Waals surface area contributed by atoms with Crippen LogP contribution in [0.1, 0.15) is 42.6 Å². The molecule has 4 rings (SSSR count). The summed E-state index contributed by atoms with van der Waals surface area (Å²) in [4.78, 5) is 18.5. The third kappa shape index (κ3) is 3.85. The number of benzene rings is 2. The summed E-state index contributed by atoms with van der Waals surface area (Å²) in [6.45, 7) is 7.12. The zero-order valence-corrected chi connectivity index (χ0v) is 19.5. The van der Waals surface area contributed by atoms with Gasteiger partial charge in [-0.2, -0.15) is 0 Å². The van der Waals surface area contributed by atoms with E-state index in [0.29, 0.717) is 5.02 Å². The van der Waals surface area contributed by atoms with Crippen molar-refractivity contribution in [3.05, 3.63) is 70.3 Å². The fourth-order valence-electron chi connectivity index (χ4n) is 4.25. The van der Waals surface area contributed by atoms with Crippen LogP contribution in [0.3, 0.4) is 0 Å². The van der Waals surface area contributed by atoms with Crippen molar-refractivity contribution >= 4 is 46.1 Å². The van der Waals surface area contributed by atoms with Crippen molar-refractivity contribution < 1.29 is 4.79 Å². The Morgan fingerprint density at radius 3 is 2.61 bits per heavy atom. The highest BCUT2D eigenvalue weighted by atomic mass is 79.9. The van der Waals surface area contributed by atoms with Gasteiger partial charge >= 0.3 is 0 Å². The minimum atomic E-state index is -0.445. The Morgan fingerprint density at radius 1 is 1.18 bits per heavy atom. The molecule has 0 bridgehead atoms. The van der Waals surface area contributed by atoms with E-state index in [1.807, 2.05) is 18.2 Å². The molecule has 2 aromatic rings. The summed E-state index contributed by atoms with van der Waals surface area (Å²) in [5, 5.41) is 0.630. The van der Waals surface area contributed by atoms with Crippen molar-refractivity contribution in [2.45, 2.75) is 41.9 Å². The number of hydrogen-bond acceptors (Lipinski definition) is 3. The molecule has 0 radical (unpaired) electrons. The number of allylic oxidation sites excluding steroid dienone is 1. The summed E-state index contributed by atoms with van der Waals surface area (Å²) >= 11 is 7.95. The molecule has 1 saturated heterocycles. The van der Waals surface area contributed by atoms with Gasteiger partial charge in [0.2, 0.25) is 0 Å². The third-order valence-corrected chi connectivity index (χ3v) is 7.31. The molecule has 0 N–H and O–H groups in total. The molecule has 2 nitrogen and oxygen atoms in total. The number of piperidine rings is 1. The number of hydrogen-bond donors (Lipinski definition) is 0. The number of Topliss-reactive ketones (excluding diaryl/α,β-unsaturated/α-hetero) is 1. The molecule has 2 aliphatic rings. The van der Waals surface area contributed by atoms with Crippen LogP contribution in [0.4, 0.5) is 0 Å². The van der Waals surface area contributed by atoms with Crippen LogP contribution in [0.25, 0.3) is 0 Å². The number of likely N-dealkylation sites (tertiary alicyclic amines) is 1. The number of nitrogens with zero attached hydrogens (tertiary/aromatic N) is 1. The van der Waals surface area contributed by atoms with Gasteiger partial charge in [0.05, 0.1) is 5.41 Å². The van der Waals surface area contributed by atoms with Crippen molar-refractivity contribution in [2.75, 3.05) is 19.6 Å². The SMILES string of the molecule is Br.C/C=C(\C)CN1CCC2(CC1)C(=O)c1cc(Cl)ccc1Sc1ccccc12. The number of halogens is 2. The molecule has 28 heavy (non-hydrogen) atoms. The quantitative estimate of drug-likeness (QED) is 0.456. The summed E-state index contributed by atoms with van der Waals surface area (Å²) in [5.74, 6) is 0.236. The molecule has 0 aliphatic carbocycles. The first-order chi connectivity index (χ1) is 13.0. The van der Waals surface area contributed by atoms with Gasteiger partial charge < -0.3 is 0 Å². The Kier molecular flexibility index (Phi) is 6.76. The molecular formula is C23H25BrClNOS. The second-order valence-electron chi connectivity index (χ2n) is 7.56. The Bertz CT molecular complexity index is 919. The molecule has 0 saturated carbocycles. The summed E-state index contributed by atoms with van der Waals surface area (Å²) < 4.78 is 0. The second kappa shape index (κ2) is 8.74. The number of ketones is 1. The van der Waals surface area contributed by atoms with E-state index in [4.69, 9.17) is 11.6 Å². The van der Waals surface area contributed by atoms with Gasteiger partial charge in [-0.05, 0) is 69.6 Å². The minimum absolute atomic E-state index is 0. The lowest BCUT2D eigenvalue weighted by Gasteiger charge is -2.41. The van der Waals surface area contributed by atoms with E-state index in [-0.39, 0.29) is 22.8 Å². The molecule has 0 amide bonds. The van der Waals surface area contributed by atoms with Gasteiger partial charge in [0.1, 0.15) is 0 Å². The monoisotopic (exact) mass is 477 g/mol. The zero-order chi connectivity index (χ0) is 19.0. The zero-order valence-electron chi connectivity index (χ0n) is 16.2. The first-order valence-electron chi connectivity index (χ1n) is 9.49. The Morgan fingerprint density at radius 2 is 1.89 bits per heavy atom. The van der Waals surface area contributed by atoms with Crippen molar-refractivity contribution in [3.8, 4) is 0 Å². The van der Waals surface area contributed by atoms with Crippen LogP contribution in [-0.4, -0.2) is 30.3 Å². The van der Waals surface area contributed by atoms with Crippen molar-refractivity contribution in [3.63, 3.8) is 0 Å². The molecule has 1 fully saturated rings. The van der Waals surface area contributed by atoms with Gasteiger partial charge in [-0.25, -0.2) is 0 Å². The van der Waals surface area contributed by atoms with Crippen LogP contribution in [0, 0.1) is 0 Å². The Balaban J connectivity index is 0.00000225. The molecule has 2 aromatic carbocycles. The first-order valence-corrected chi connectivity index (χ1v) is 10.7. The van der Waals surface area contributed by atoms with Gasteiger partial charge in [0.25, 0.3) is 0 Å². The van der Waals surface area contributed by atoms with E-state index < -0.39 is 5.41 Å². The van der Waals surface area contributed by atoms with Crippen LogP contribution in [0.2, 0.25) is 5.02 Å². The van der Waals surface area contributed by atoms with Crippen molar-refractivity contribution in [1.29, 1.82) is 0 Å². The molecule has 1 spiro atoms. The first kappa shape index (κ1) is 21.6. The molecule has 2 aliphatic heterocycles. The predicted octanol–water partition coefficient (Wildman–Crippen LogP) is 6.57. The maximum Gasteiger partial charge on any atom is 0.174 e. The van der Waals surface area contributed by atoms with Gasteiger partial charge in [0, 0.05) is 26.9 Å². The van der Waals surface area contributed by atoms with Crippen LogP contribution in [0.5, 0.6) is 0 Å². The largest absolute Gasteiger partial charge is 0.299 e. The summed E-state index contributed by atoms with van der Waals surface area (Å²) in [5.41, 5.74) is 2.91. The highest BCUT2D eigenvalue weighted by molar-refractivity contribution is 8.93. The number of fused-ring (bicyclic) bond motifs is 3. The fourth-order valence-corrected chi connectivity index (χ4v) is 5.58. The van der Waals surface area contributed by atoms with E-state index in [2.05, 4.69) is 49.1 Å². The number of rotatable bonds is 2. The summed E-state index contributed by atoms with van der Waals surface area (Å²) in [6.07, 6.45) is 3.88. The minimum Gasteiger partial charge on any atom is -0.299 e. The molecule has 0 unspecified atom stereocenters. The lowest BCUT2D eigenvalue weighted by molar-refractivity contribution is 0.0774. The van der Waals surface area contributed by atoms with Crippen LogP contribution in [0.15, 0.2) is 63.9 Å². The Hall–Kier alpha value is -1.07. The molecule has 5 heteroatoms. The van der Waals surface area contributed by atoms with Gasteiger partial charge in [-0.1, -0.05) is 53.2 Å². The third-order valence-electron chi connectivity index (χ3n) is 5.92. The number of carbonyl (C=O) groups excluding carboxylic acids is 1. The maximum absolute atomic E-state index is 13.8. The van der Waals surface area contributed by atoms with Gasteiger partial charge in [-0.3, -0.25) is 9.69 Å². The van der Waals surface area contributed by atoms with Crippen LogP contribution in [-0.2, 0) is 5.41 Å². The lowest BCUT2D eigenvalue weighted by Crippen LogP contribution is -2.47. The Labute approximate surface area is 187 Å². The molecule has 0 aromatic heterocycles. The number of carbonyl (C=O) groups is 1. The summed E-state index contributed by atoms with van der Waals surface area (Å²) in [7, 11) is 0. The smallest absolute Gasteiger partial charge is 0.174 e. The topological polar surface area (TPSA) is 20.3 Å². The maximum atomic E-state index is 13.8. The normalized spacial score (nSPS) is 18.8. The summed E-state index contributed by atoms with van der Waals surface area (Å²) in [6, 6.07) is 14.2. The van der Waals surface area contributed by atoms with E-state index in [1.54, 1.807) is 11.8 Å². The van der Waals surface area contributed by atoms with Crippen molar-refractivity contribution in [1.82, 2.24) is 4.90 Å². The van der Waals surface area contributed by atoms with Crippen LogP contribution >= 0.6 is 40.3 Å². The molecule has 0 atom stereocenters. The van der Waals surface area contributed by atoms with Crippen LogP contribution < -0.4 is 0 Å². The molecule has 148 valence electrons. The van der Waals surface area contributed by atoms with Gasteiger partial charge in [0.15, 0.2) is 5.78 Å².